The van der Waals surface area contributed by atoms with Crippen LogP contribution in [0.3, 0.4) is 0 Å². The van der Waals surface area contributed by atoms with Crippen molar-refractivity contribution < 1.29 is 0 Å². The number of nitrogens with zero attached hydrogens (tertiary/aromatic N) is 2. The lowest BCUT2D eigenvalue weighted by Crippen LogP contribution is -2.33. The average molecular weight is 190 g/mol. The highest BCUT2D eigenvalue weighted by Gasteiger charge is 2.15. The molecule has 2 nitrogen and oxygen atoms in total. The third-order valence-corrected chi connectivity index (χ3v) is 2.87. The normalized spacial score (nSPS) is 23.6. The number of hydrogen-bond acceptors (Lipinski definition) is 2. The number of aromatic nitrogens is 1. The summed E-state index contributed by atoms with van der Waals surface area (Å²) >= 11 is 0. The predicted octanol–water partition coefficient (Wildman–Crippen LogP) is 2.31. The summed E-state index contributed by atoms with van der Waals surface area (Å²) in [6, 6.07) is 4.18. The summed E-state index contributed by atoms with van der Waals surface area (Å²) in [7, 11) is 0. The van der Waals surface area contributed by atoms with Crippen molar-refractivity contribution >= 4 is 0 Å². The summed E-state index contributed by atoms with van der Waals surface area (Å²) < 4.78 is 0. The summed E-state index contributed by atoms with van der Waals surface area (Å²) in [5.41, 5.74) is 1.33. The molecule has 76 valence electrons. The van der Waals surface area contributed by atoms with Gasteiger partial charge in [-0.05, 0) is 36.9 Å². The Kier molecular flexibility index (Phi) is 3.14. The van der Waals surface area contributed by atoms with Crippen LogP contribution in [-0.4, -0.2) is 23.0 Å². The standard InChI is InChI=1S/C12H18N2/c1-11-4-3-7-14(9-11)10-12-5-2-6-13-8-12/h2,5-6,8,11H,3-4,7,9-10H2,1H3. The predicted molar refractivity (Wildman–Crippen MR) is 57.9 cm³/mol. The minimum atomic E-state index is 0.862. The fourth-order valence-corrected chi connectivity index (χ4v) is 2.18. The van der Waals surface area contributed by atoms with E-state index in [1.165, 1.54) is 31.5 Å². The van der Waals surface area contributed by atoms with Gasteiger partial charge in [-0.3, -0.25) is 9.88 Å². The van der Waals surface area contributed by atoms with Crippen molar-refractivity contribution in [3.8, 4) is 0 Å². The van der Waals surface area contributed by atoms with E-state index in [2.05, 4.69) is 22.9 Å². The van der Waals surface area contributed by atoms with Crippen LogP contribution in [-0.2, 0) is 6.54 Å². The molecule has 0 aliphatic carbocycles. The molecule has 2 heteroatoms. The van der Waals surface area contributed by atoms with Gasteiger partial charge in [0, 0.05) is 25.5 Å². The first kappa shape index (κ1) is 9.66. The van der Waals surface area contributed by atoms with Gasteiger partial charge in [-0.15, -0.1) is 0 Å². The van der Waals surface area contributed by atoms with Crippen LogP contribution in [0.2, 0.25) is 0 Å². The third kappa shape index (κ3) is 2.55. The van der Waals surface area contributed by atoms with Crippen LogP contribution in [0.15, 0.2) is 24.5 Å². The third-order valence-electron chi connectivity index (χ3n) is 2.87. The quantitative estimate of drug-likeness (QED) is 0.711. The van der Waals surface area contributed by atoms with Gasteiger partial charge in [-0.2, -0.15) is 0 Å². The zero-order chi connectivity index (χ0) is 9.80. The van der Waals surface area contributed by atoms with E-state index in [-0.39, 0.29) is 0 Å². The zero-order valence-electron chi connectivity index (χ0n) is 8.82. The van der Waals surface area contributed by atoms with Crippen LogP contribution in [0.25, 0.3) is 0 Å². The molecule has 0 bridgehead atoms. The summed E-state index contributed by atoms with van der Waals surface area (Å²) in [5, 5.41) is 0. The summed E-state index contributed by atoms with van der Waals surface area (Å²) in [6.45, 7) is 5.90. The number of piperidine rings is 1. The second-order valence-corrected chi connectivity index (χ2v) is 4.34. The van der Waals surface area contributed by atoms with Crippen molar-refractivity contribution in [1.29, 1.82) is 0 Å². The van der Waals surface area contributed by atoms with Gasteiger partial charge in [0.15, 0.2) is 0 Å². The van der Waals surface area contributed by atoms with E-state index >= 15 is 0 Å². The minimum absolute atomic E-state index is 0.862. The molecule has 1 aliphatic heterocycles. The second kappa shape index (κ2) is 4.56. The molecule has 0 radical (unpaired) electrons. The molecule has 2 rings (SSSR count). The Morgan fingerprint density at radius 3 is 3.21 bits per heavy atom. The van der Waals surface area contributed by atoms with Crippen LogP contribution >= 0.6 is 0 Å². The number of hydrogen-bond donors (Lipinski definition) is 0. The maximum atomic E-state index is 4.14. The first-order valence-electron chi connectivity index (χ1n) is 5.46. The maximum absolute atomic E-state index is 4.14. The molecule has 1 fully saturated rings. The van der Waals surface area contributed by atoms with Crippen molar-refractivity contribution in [3.63, 3.8) is 0 Å². The average Bonchev–Trinajstić information content (AvgIpc) is 2.19. The lowest BCUT2D eigenvalue weighted by molar-refractivity contribution is 0.176. The Balaban J connectivity index is 1.91. The van der Waals surface area contributed by atoms with Gasteiger partial charge >= 0.3 is 0 Å². The highest BCUT2D eigenvalue weighted by atomic mass is 15.1. The molecule has 0 aromatic carbocycles. The lowest BCUT2D eigenvalue weighted by atomic mass is 10.00. The summed E-state index contributed by atoms with van der Waals surface area (Å²) in [4.78, 5) is 6.68. The van der Waals surface area contributed by atoms with Crippen LogP contribution < -0.4 is 0 Å². The van der Waals surface area contributed by atoms with E-state index in [9.17, 15) is 0 Å². The Bertz CT molecular complexity index is 271. The number of likely N-dealkylation sites (tertiary alicyclic amines) is 1. The number of pyridine rings is 1. The molecule has 1 atom stereocenters. The minimum Gasteiger partial charge on any atom is -0.299 e. The summed E-state index contributed by atoms with van der Waals surface area (Å²) in [6.07, 6.45) is 6.55. The van der Waals surface area contributed by atoms with Crippen LogP contribution in [0.1, 0.15) is 25.3 Å². The molecule has 1 saturated heterocycles. The van der Waals surface area contributed by atoms with E-state index in [1.807, 2.05) is 18.5 Å². The maximum Gasteiger partial charge on any atom is 0.0312 e. The van der Waals surface area contributed by atoms with E-state index < -0.39 is 0 Å². The molecule has 1 aliphatic rings. The van der Waals surface area contributed by atoms with Crippen molar-refractivity contribution in [1.82, 2.24) is 9.88 Å². The smallest absolute Gasteiger partial charge is 0.0312 e. The largest absolute Gasteiger partial charge is 0.299 e. The molecule has 0 amide bonds. The van der Waals surface area contributed by atoms with E-state index in [1.54, 1.807) is 0 Å². The Hall–Kier alpha value is -0.890. The molecule has 1 unspecified atom stereocenters. The number of rotatable bonds is 2. The first-order chi connectivity index (χ1) is 6.84. The van der Waals surface area contributed by atoms with Gasteiger partial charge in [0.2, 0.25) is 0 Å². The van der Waals surface area contributed by atoms with Crippen molar-refractivity contribution in [2.75, 3.05) is 13.1 Å². The molecular formula is C12H18N2. The molecule has 1 aromatic heterocycles. The Labute approximate surface area is 86.0 Å². The van der Waals surface area contributed by atoms with E-state index in [0.29, 0.717) is 0 Å². The molecule has 0 N–H and O–H groups in total. The van der Waals surface area contributed by atoms with Crippen molar-refractivity contribution in [2.24, 2.45) is 5.92 Å². The molecule has 0 saturated carbocycles. The van der Waals surface area contributed by atoms with Crippen LogP contribution in [0.4, 0.5) is 0 Å². The van der Waals surface area contributed by atoms with Gasteiger partial charge in [0.1, 0.15) is 0 Å². The Morgan fingerprint density at radius 2 is 2.50 bits per heavy atom. The first-order valence-corrected chi connectivity index (χ1v) is 5.46. The second-order valence-electron chi connectivity index (χ2n) is 4.34. The highest BCUT2D eigenvalue weighted by Crippen LogP contribution is 2.17. The highest BCUT2D eigenvalue weighted by molar-refractivity contribution is 5.08. The van der Waals surface area contributed by atoms with Gasteiger partial charge < -0.3 is 0 Å². The van der Waals surface area contributed by atoms with Crippen LogP contribution in [0.5, 0.6) is 0 Å². The molecule has 1 aromatic rings. The summed E-state index contributed by atoms with van der Waals surface area (Å²) in [5.74, 6) is 0.862. The zero-order valence-corrected chi connectivity index (χ0v) is 8.82. The fraction of sp³-hybridized carbons (Fsp3) is 0.583. The molecule has 14 heavy (non-hydrogen) atoms. The van der Waals surface area contributed by atoms with Gasteiger partial charge in [-0.1, -0.05) is 13.0 Å². The fourth-order valence-electron chi connectivity index (χ4n) is 2.18. The molecule has 2 heterocycles. The Morgan fingerprint density at radius 1 is 1.57 bits per heavy atom. The monoisotopic (exact) mass is 190 g/mol. The van der Waals surface area contributed by atoms with E-state index in [0.717, 1.165) is 12.5 Å². The van der Waals surface area contributed by atoms with Gasteiger partial charge in [-0.25, -0.2) is 0 Å². The SMILES string of the molecule is CC1CCCN(Cc2cccnc2)C1. The van der Waals surface area contributed by atoms with Gasteiger partial charge in [0.05, 0.1) is 0 Å². The van der Waals surface area contributed by atoms with Gasteiger partial charge in [0.25, 0.3) is 0 Å². The van der Waals surface area contributed by atoms with Crippen LogP contribution in [0, 0.1) is 5.92 Å². The van der Waals surface area contributed by atoms with Crippen molar-refractivity contribution in [3.05, 3.63) is 30.1 Å². The lowest BCUT2D eigenvalue weighted by Gasteiger charge is -2.30. The molecular weight excluding hydrogens is 172 g/mol. The van der Waals surface area contributed by atoms with E-state index in [4.69, 9.17) is 0 Å². The topological polar surface area (TPSA) is 16.1 Å². The molecule has 0 spiro atoms. The van der Waals surface area contributed by atoms with Crippen molar-refractivity contribution in [2.45, 2.75) is 26.3 Å².